The topological polar surface area (TPSA) is 8.17 Å². The number of anilines is 3. The van der Waals surface area contributed by atoms with E-state index in [2.05, 4.69) is 278 Å². The fourth-order valence-electron chi connectivity index (χ4n) is 15.5. The first-order chi connectivity index (χ1) is 39.0. The van der Waals surface area contributed by atoms with E-state index >= 15 is 0 Å². The second kappa shape index (κ2) is 15.6. The molecule has 2 aromatic heterocycles. The number of fused-ring (bicyclic) bond motifs is 25. The Labute approximate surface area is 462 Å². The molecule has 0 N–H and O–H groups in total. The summed E-state index contributed by atoms with van der Waals surface area (Å²) in [4.78, 5) is 2.52. The van der Waals surface area contributed by atoms with Crippen LogP contribution in [-0.4, -0.2) is 4.57 Å². The Bertz CT molecular complexity index is 4920. The van der Waals surface area contributed by atoms with Gasteiger partial charge in [-0.1, -0.05) is 193 Å². The number of thiophene rings is 1. The van der Waals surface area contributed by atoms with E-state index in [-0.39, 0.29) is 0 Å². The number of aryl methyl sites for hydroxylation is 2. The molecule has 2 spiro atoms. The maximum atomic E-state index is 2.57. The molecular weight excluding hydrogens is 973 g/mol. The molecule has 0 bridgehead atoms. The molecule has 79 heavy (non-hydrogen) atoms. The summed E-state index contributed by atoms with van der Waals surface area (Å²) in [5, 5.41) is 5.18. The second-order valence-electron chi connectivity index (χ2n) is 22.4. The van der Waals surface area contributed by atoms with Crippen molar-refractivity contribution in [3.63, 3.8) is 0 Å². The van der Waals surface area contributed by atoms with Gasteiger partial charge in [0.05, 0.1) is 33.2 Å². The highest BCUT2D eigenvalue weighted by molar-refractivity contribution is 7.26. The van der Waals surface area contributed by atoms with Crippen molar-refractivity contribution in [3.8, 4) is 50.2 Å². The van der Waals surface area contributed by atoms with Gasteiger partial charge in [0.25, 0.3) is 0 Å². The maximum Gasteiger partial charge on any atom is 0.0754 e. The summed E-state index contributed by atoms with van der Waals surface area (Å²) >= 11 is 1.87. The second-order valence-corrected chi connectivity index (χ2v) is 23.5. The SMILES string of the molecule is Cc1ccc2c(c1)c1cc(C)cc3c1n2-c1ccc(-c2ccc(N(c4ccc5c(c4)-c4ccccc4C54c5ccccc5-c5ccccc54)c4cccc5sc6ccccc6c45)cc2)cc1C31c2ccccc2-c2ccccc21. The lowest BCUT2D eigenvalue weighted by Crippen LogP contribution is -2.33. The summed E-state index contributed by atoms with van der Waals surface area (Å²) < 4.78 is 5.15. The van der Waals surface area contributed by atoms with E-state index in [1.165, 1.54) is 153 Å². The number of aromatic nitrogens is 1. The number of benzene rings is 12. The van der Waals surface area contributed by atoms with Gasteiger partial charge in [-0.15, -0.1) is 11.3 Å². The van der Waals surface area contributed by atoms with Crippen LogP contribution in [0.4, 0.5) is 17.1 Å². The minimum absolute atomic E-state index is 0.412. The van der Waals surface area contributed by atoms with E-state index in [0.29, 0.717) is 0 Å². The summed E-state index contributed by atoms with van der Waals surface area (Å²) in [7, 11) is 0. The van der Waals surface area contributed by atoms with Gasteiger partial charge in [-0.3, -0.25) is 0 Å². The van der Waals surface area contributed by atoms with Gasteiger partial charge in [0.1, 0.15) is 0 Å². The Morgan fingerprint density at radius 1 is 0.342 bits per heavy atom. The highest BCUT2D eigenvalue weighted by atomic mass is 32.1. The van der Waals surface area contributed by atoms with Crippen molar-refractivity contribution >= 4 is 70.4 Å². The molecule has 0 radical (unpaired) electrons. The normalized spacial score (nSPS) is 14.2. The van der Waals surface area contributed by atoms with Gasteiger partial charge in [0.2, 0.25) is 0 Å². The molecular formula is C76H48N2S. The standard InChI is InChI=1S/C76H48N2S/c1-45-30-38-68-58(40-45)59-41-46(2)42-67-74(59)78(68)69-39-33-48(43-66(69)76(67)62-24-11-5-18-53(62)54-19-6-12-25-63(54)76)47-31-34-49(35-32-47)77(70-27-15-29-72-73(70)56-21-8-14-28-71(56)79-72)50-36-37-65-57(44-50)55-20-7-13-26-64(55)75(65)60-22-9-3-16-51(60)52-17-4-10-23-61(52)75/h3-44H,1-2H3. The van der Waals surface area contributed by atoms with Crippen molar-refractivity contribution in [2.75, 3.05) is 4.90 Å². The van der Waals surface area contributed by atoms with Crippen LogP contribution in [-0.2, 0) is 10.8 Å². The van der Waals surface area contributed by atoms with Crippen LogP contribution in [0.15, 0.2) is 255 Å². The van der Waals surface area contributed by atoms with Crippen LogP contribution in [0.3, 0.4) is 0 Å². The summed E-state index contributed by atoms with van der Waals surface area (Å²) in [6, 6.07) is 97.4. The van der Waals surface area contributed by atoms with Crippen LogP contribution >= 0.6 is 11.3 Å². The highest BCUT2D eigenvalue weighted by Crippen LogP contribution is 2.65. The van der Waals surface area contributed by atoms with Crippen LogP contribution in [0, 0.1) is 13.8 Å². The summed E-state index contributed by atoms with van der Waals surface area (Å²) in [5.74, 6) is 0. The number of hydrogen-bond donors (Lipinski definition) is 0. The predicted octanol–water partition coefficient (Wildman–Crippen LogP) is 19.9. The minimum atomic E-state index is -0.533. The Kier molecular flexibility index (Phi) is 8.58. The van der Waals surface area contributed by atoms with Crippen molar-refractivity contribution in [3.05, 3.63) is 310 Å². The molecule has 4 aliphatic rings. The monoisotopic (exact) mass is 1020 g/mol. The Hall–Kier alpha value is -9.54. The van der Waals surface area contributed by atoms with E-state index in [1.807, 2.05) is 11.3 Å². The third-order valence-electron chi connectivity index (χ3n) is 18.5. The number of rotatable bonds is 4. The van der Waals surface area contributed by atoms with Crippen molar-refractivity contribution in [2.24, 2.45) is 0 Å². The van der Waals surface area contributed by atoms with Crippen LogP contribution < -0.4 is 4.90 Å². The molecule has 0 amide bonds. The Balaban J connectivity index is 0.849. The quantitative estimate of drug-likeness (QED) is 0.171. The van der Waals surface area contributed by atoms with Gasteiger partial charge < -0.3 is 9.47 Å². The zero-order valence-electron chi connectivity index (χ0n) is 43.6. The lowest BCUT2D eigenvalue weighted by atomic mass is 9.65. The fourth-order valence-corrected chi connectivity index (χ4v) is 16.6. The molecule has 14 aromatic rings. The Morgan fingerprint density at radius 3 is 1.53 bits per heavy atom. The summed E-state index contributed by atoms with van der Waals surface area (Å²) in [6.45, 7) is 4.49. The maximum absolute atomic E-state index is 2.57. The molecule has 0 saturated carbocycles. The average Bonchev–Trinajstić information content (AvgIpc) is 2.62. The minimum Gasteiger partial charge on any atom is -0.310 e. The zero-order valence-corrected chi connectivity index (χ0v) is 44.4. The van der Waals surface area contributed by atoms with Crippen LogP contribution in [0.25, 0.3) is 92.2 Å². The van der Waals surface area contributed by atoms with Crippen LogP contribution in [0.1, 0.15) is 55.6 Å². The first kappa shape index (κ1) is 43.5. The van der Waals surface area contributed by atoms with Crippen LogP contribution in [0.2, 0.25) is 0 Å². The van der Waals surface area contributed by atoms with Gasteiger partial charge in [-0.05, 0) is 176 Å². The molecule has 0 saturated heterocycles. The summed E-state index contributed by atoms with van der Waals surface area (Å²) in [6.07, 6.45) is 0. The molecule has 0 atom stereocenters. The van der Waals surface area contributed by atoms with Crippen molar-refractivity contribution in [1.82, 2.24) is 4.57 Å². The lowest BCUT2D eigenvalue weighted by Gasteiger charge is -2.40. The molecule has 12 aromatic carbocycles. The average molecular weight is 1020 g/mol. The molecule has 0 unspecified atom stereocenters. The number of hydrogen-bond acceptors (Lipinski definition) is 2. The highest BCUT2D eigenvalue weighted by Gasteiger charge is 2.53. The number of nitrogens with zero attached hydrogens (tertiary/aromatic N) is 2. The first-order valence-corrected chi connectivity index (χ1v) is 28.5. The van der Waals surface area contributed by atoms with E-state index < -0.39 is 10.8 Å². The Morgan fingerprint density at radius 2 is 0.873 bits per heavy atom. The predicted molar refractivity (Wildman–Crippen MR) is 330 cm³/mol. The molecule has 3 aliphatic carbocycles. The van der Waals surface area contributed by atoms with Crippen molar-refractivity contribution in [1.29, 1.82) is 0 Å². The van der Waals surface area contributed by atoms with E-state index in [9.17, 15) is 0 Å². The third-order valence-corrected chi connectivity index (χ3v) is 19.6. The first-order valence-electron chi connectivity index (χ1n) is 27.6. The molecule has 3 heteroatoms. The molecule has 18 rings (SSSR count). The molecule has 3 heterocycles. The smallest absolute Gasteiger partial charge is 0.0754 e. The van der Waals surface area contributed by atoms with Gasteiger partial charge in [-0.25, -0.2) is 0 Å². The van der Waals surface area contributed by atoms with Gasteiger partial charge in [-0.2, -0.15) is 0 Å². The zero-order chi connectivity index (χ0) is 51.9. The van der Waals surface area contributed by atoms with Crippen LogP contribution in [0.5, 0.6) is 0 Å². The molecule has 368 valence electrons. The van der Waals surface area contributed by atoms with E-state index in [1.54, 1.807) is 0 Å². The summed E-state index contributed by atoms with van der Waals surface area (Å²) in [5.41, 5.74) is 29.8. The van der Waals surface area contributed by atoms with Gasteiger partial charge in [0, 0.05) is 42.3 Å². The fraction of sp³-hybridized carbons (Fsp3) is 0.0526. The molecule has 2 nitrogen and oxygen atoms in total. The van der Waals surface area contributed by atoms with Crippen molar-refractivity contribution < 1.29 is 0 Å². The van der Waals surface area contributed by atoms with E-state index in [0.717, 1.165) is 11.4 Å². The van der Waals surface area contributed by atoms with Gasteiger partial charge >= 0.3 is 0 Å². The lowest BCUT2D eigenvalue weighted by molar-refractivity contribution is 0.748. The largest absolute Gasteiger partial charge is 0.310 e. The van der Waals surface area contributed by atoms with Crippen molar-refractivity contribution in [2.45, 2.75) is 24.7 Å². The van der Waals surface area contributed by atoms with Gasteiger partial charge in [0.15, 0.2) is 0 Å². The molecule has 0 fully saturated rings. The van der Waals surface area contributed by atoms with E-state index in [4.69, 9.17) is 0 Å². The third kappa shape index (κ3) is 5.45. The molecule has 1 aliphatic heterocycles.